The van der Waals surface area contributed by atoms with Crippen molar-refractivity contribution in [3.05, 3.63) is 217 Å². The normalized spacial score (nSPS) is 13.0. The lowest BCUT2D eigenvalue weighted by Gasteiger charge is -2.29. The van der Waals surface area contributed by atoms with Crippen molar-refractivity contribution in [1.29, 1.82) is 0 Å². The molecule has 1 aliphatic rings. The molecule has 0 spiro atoms. The molecule has 2 heterocycles. The third-order valence-electron chi connectivity index (χ3n) is 12.8. The van der Waals surface area contributed by atoms with Crippen LogP contribution in [0.3, 0.4) is 0 Å². The van der Waals surface area contributed by atoms with Gasteiger partial charge in [-0.2, -0.15) is 0 Å². The van der Waals surface area contributed by atoms with Gasteiger partial charge in [0.15, 0.2) is 0 Å². The maximum Gasteiger partial charge on any atom is 0.0620 e. The third kappa shape index (κ3) is 5.19. The van der Waals surface area contributed by atoms with Crippen molar-refractivity contribution in [2.45, 2.75) is 19.3 Å². The number of aromatic nitrogens is 1. The van der Waals surface area contributed by atoms with Crippen molar-refractivity contribution in [3.8, 4) is 39.1 Å². The van der Waals surface area contributed by atoms with E-state index < -0.39 is 0 Å². The van der Waals surface area contributed by atoms with Crippen LogP contribution in [0.1, 0.15) is 25.0 Å². The Morgan fingerprint density at radius 3 is 1.92 bits per heavy atom. The van der Waals surface area contributed by atoms with Crippen LogP contribution in [0.25, 0.3) is 81.0 Å². The molecule has 0 radical (unpaired) electrons. The molecule has 0 amide bonds. The van der Waals surface area contributed by atoms with E-state index in [9.17, 15) is 0 Å². The molecule has 2 nitrogen and oxygen atoms in total. The first-order valence-corrected chi connectivity index (χ1v) is 21.6. The minimum absolute atomic E-state index is 0.145. The number of thiophene rings is 1. The second-order valence-corrected chi connectivity index (χ2v) is 17.6. The number of nitrogens with zero attached hydrogens (tertiary/aromatic N) is 2. The van der Waals surface area contributed by atoms with E-state index in [0.29, 0.717) is 0 Å². The highest BCUT2D eigenvalue weighted by atomic mass is 32.1. The second kappa shape index (κ2) is 13.4. The van der Waals surface area contributed by atoms with E-state index in [2.05, 4.69) is 230 Å². The molecule has 1 aliphatic carbocycles. The van der Waals surface area contributed by atoms with Crippen LogP contribution in [0.4, 0.5) is 17.1 Å². The Balaban J connectivity index is 1.24. The number of rotatable bonds is 6. The van der Waals surface area contributed by atoms with E-state index in [4.69, 9.17) is 0 Å². The first kappa shape index (κ1) is 34.8. The predicted octanol–water partition coefficient (Wildman–Crippen LogP) is 16.3. The molecule has 3 heteroatoms. The highest BCUT2D eigenvalue weighted by Gasteiger charge is 2.38. The van der Waals surface area contributed by atoms with E-state index in [1.807, 2.05) is 11.3 Å². The molecule has 0 unspecified atom stereocenters. The zero-order valence-electron chi connectivity index (χ0n) is 33.4. The zero-order chi connectivity index (χ0) is 40.0. The molecule has 0 bridgehead atoms. The number of anilines is 3. The summed E-state index contributed by atoms with van der Waals surface area (Å²) in [5, 5.41) is 5.03. The Morgan fingerprint density at radius 1 is 0.450 bits per heavy atom. The predicted molar refractivity (Wildman–Crippen MR) is 257 cm³/mol. The van der Waals surface area contributed by atoms with Crippen molar-refractivity contribution in [2.75, 3.05) is 4.90 Å². The van der Waals surface area contributed by atoms with Crippen molar-refractivity contribution >= 4 is 70.4 Å². The number of benzene rings is 9. The topological polar surface area (TPSA) is 8.17 Å². The average Bonchev–Trinajstić information content (AvgIpc) is 3.93. The molecule has 60 heavy (non-hydrogen) atoms. The fraction of sp³-hybridized carbons (Fsp3) is 0.0526. The van der Waals surface area contributed by atoms with Gasteiger partial charge in [-0.1, -0.05) is 159 Å². The first-order chi connectivity index (χ1) is 29.5. The minimum atomic E-state index is -0.145. The lowest BCUT2D eigenvalue weighted by Crippen LogP contribution is -2.16. The van der Waals surface area contributed by atoms with E-state index in [1.165, 1.54) is 86.7 Å². The molecule has 0 saturated heterocycles. The van der Waals surface area contributed by atoms with Crippen molar-refractivity contribution in [3.63, 3.8) is 0 Å². The first-order valence-electron chi connectivity index (χ1n) is 20.8. The van der Waals surface area contributed by atoms with Crippen LogP contribution >= 0.6 is 11.3 Å². The zero-order valence-corrected chi connectivity index (χ0v) is 34.2. The van der Waals surface area contributed by atoms with E-state index in [1.54, 1.807) is 0 Å². The molecule has 0 saturated carbocycles. The Hall–Kier alpha value is -7.20. The summed E-state index contributed by atoms with van der Waals surface area (Å²) in [4.78, 5) is 2.56. The SMILES string of the molecule is CC1(C)c2ccccc2-c2c(N(c3ccc4c(c3)sc3ccccc34)c3cccc4c3c3cc(-c5ccccc5)cc(-c5ccccc5)c3n4-c3ccccc3)cccc21. The van der Waals surface area contributed by atoms with Gasteiger partial charge in [0.05, 0.1) is 22.4 Å². The highest BCUT2D eigenvalue weighted by molar-refractivity contribution is 7.25. The number of para-hydroxylation sites is 1. The fourth-order valence-electron chi connectivity index (χ4n) is 10.0. The van der Waals surface area contributed by atoms with Gasteiger partial charge in [0, 0.05) is 58.9 Å². The van der Waals surface area contributed by atoms with Gasteiger partial charge in [-0.15, -0.1) is 11.3 Å². The fourth-order valence-corrected chi connectivity index (χ4v) is 11.2. The average molecular weight is 785 g/mol. The van der Waals surface area contributed by atoms with Crippen LogP contribution < -0.4 is 4.90 Å². The smallest absolute Gasteiger partial charge is 0.0620 e. The summed E-state index contributed by atoms with van der Waals surface area (Å²) in [6.07, 6.45) is 0. The van der Waals surface area contributed by atoms with Crippen LogP contribution in [0.2, 0.25) is 0 Å². The van der Waals surface area contributed by atoms with Gasteiger partial charge in [-0.05, 0) is 94.0 Å². The van der Waals surface area contributed by atoms with E-state index in [-0.39, 0.29) is 5.41 Å². The minimum Gasteiger partial charge on any atom is -0.309 e. The Morgan fingerprint density at radius 2 is 1.10 bits per heavy atom. The molecule has 0 atom stereocenters. The largest absolute Gasteiger partial charge is 0.309 e. The van der Waals surface area contributed by atoms with Gasteiger partial charge in [-0.25, -0.2) is 0 Å². The molecule has 0 aliphatic heterocycles. The van der Waals surface area contributed by atoms with Gasteiger partial charge >= 0.3 is 0 Å². The van der Waals surface area contributed by atoms with Gasteiger partial charge in [0.2, 0.25) is 0 Å². The molecule has 11 aromatic rings. The molecule has 284 valence electrons. The third-order valence-corrected chi connectivity index (χ3v) is 13.9. The molecular formula is C57H40N2S. The Labute approximate surface area is 353 Å². The lowest BCUT2D eigenvalue weighted by atomic mass is 9.82. The van der Waals surface area contributed by atoms with Crippen LogP contribution in [-0.4, -0.2) is 4.57 Å². The summed E-state index contributed by atoms with van der Waals surface area (Å²) in [5.41, 5.74) is 16.9. The van der Waals surface area contributed by atoms with Crippen LogP contribution in [0, 0.1) is 0 Å². The summed E-state index contributed by atoms with van der Waals surface area (Å²) in [7, 11) is 0. The monoisotopic (exact) mass is 784 g/mol. The summed E-state index contributed by atoms with van der Waals surface area (Å²) >= 11 is 1.87. The maximum atomic E-state index is 2.56. The van der Waals surface area contributed by atoms with Crippen molar-refractivity contribution < 1.29 is 0 Å². The van der Waals surface area contributed by atoms with Crippen molar-refractivity contribution in [1.82, 2.24) is 4.57 Å². The van der Waals surface area contributed by atoms with Gasteiger partial charge < -0.3 is 9.47 Å². The molecule has 9 aromatic carbocycles. The summed E-state index contributed by atoms with van der Waals surface area (Å²) in [6.45, 7) is 4.75. The van der Waals surface area contributed by atoms with Crippen LogP contribution in [0.5, 0.6) is 0 Å². The maximum absolute atomic E-state index is 2.56. The van der Waals surface area contributed by atoms with Gasteiger partial charge in [0.1, 0.15) is 0 Å². The number of hydrogen-bond donors (Lipinski definition) is 0. The van der Waals surface area contributed by atoms with E-state index in [0.717, 1.165) is 22.6 Å². The number of hydrogen-bond acceptors (Lipinski definition) is 2. The molecule has 0 N–H and O–H groups in total. The molecule has 12 rings (SSSR count). The Kier molecular flexibility index (Phi) is 7.79. The molecular weight excluding hydrogens is 745 g/mol. The quantitative estimate of drug-likeness (QED) is 0.163. The summed E-state index contributed by atoms with van der Waals surface area (Å²) in [5.74, 6) is 0. The molecule has 0 fully saturated rings. The Bertz CT molecular complexity index is 3450. The molecule has 2 aromatic heterocycles. The second-order valence-electron chi connectivity index (χ2n) is 16.5. The van der Waals surface area contributed by atoms with Gasteiger partial charge in [0.25, 0.3) is 0 Å². The lowest BCUT2D eigenvalue weighted by molar-refractivity contribution is 0.660. The highest BCUT2D eigenvalue weighted by Crippen LogP contribution is 2.56. The van der Waals surface area contributed by atoms with Crippen LogP contribution in [-0.2, 0) is 5.41 Å². The van der Waals surface area contributed by atoms with Crippen LogP contribution in [0.15, 0.2) is 206 Å². The number of fused-ring (bicyclic) bond motifs is 9. The summed E-state index contributed by atoms with van der Waals surface area (Å²) in [6, 6.07) is 76.2. The van der Waals surface area contributed by atoms with E-state index >= 15 is 0 Å². The standard InChI is InChI=1S/C57H40N2S/c1-57(2)47-26-14-12-25-44(47)54-48(57)27-16-28-49(54)58(41-32-33-43-42-24-13-15-31-52(42)60-53(43)36-41)50-29-17-30-51-55(50)46-35-39(37-18-6-3-7-19-37)34-45(38-20-8-4-9-21-38)56(46)59(51)40-22-10-5-11-23-40/h3-36H,1-2H3. The summed E-state index contributed by atoms with van der Waals surface area (Å²) < 4.78 is 5.08. The van der Waals surface area contributed by atoms with Crippen molar-refractivity contribution in [2.24, 2.45) is 0 Å². The van der Waals surface area contributed by atoms with Gasteiger partial charge in [-0.3, -0.25) is 0 Å².